The molecule has 2 aromatic rings. The molecule has 18 heavy (non-hydrogen) atoms. The third kappa shape index (κ3) is 2.94. The fourth-order valence-electron chi connectivity index (χ4n) is 1.51. The number of oxazole rings is 1. The van der Waals surface area contributed by atoms with Crippen molar-refractivity contribution >= 4 is 15.9 Å². The van der Waals surface area contributed by atoms with Crippen molar-refractivity contribution in [2.75, 3.05) is 0 Å². The SMILES string of the molecule is Cc1cnc(CNCc2c(F)ccc(Br)c2F)o1. The van der Waals surface area contributed by atoms with E-state index in [4.69, 9.17) is 4.42 Å². The van der Waals surface area contributed by atoms with Crippen molar-refractivity contribution in [3.63, 3.8) is 0 Å². The Hall–Kier alpha value is -1.27. The molecule has 3 nitrogen and oxygen atoms in total. The first kappa shape index (κ1) is 13.2. The van der Waals surface area contributed by atoms with Crippen molar-refractivity contribution < 1.29 is 13.2 Å². The van der Waals surface area contributed by atoms with Crippen molar-refractivity contribution in [2.24, 2.45) is 0 Å². The highest BCUT2D eigenvalue weighted by Crippen LogP contribution is 2.21. The van der Waals surface area contributed by atoms with Gasteiger partial charge in [0.05, 0.1) is 17.2 Å². The van der Waals surface area contributed by atoms with Crippen molar-refractivity contribution in [3.8, 4) is 0 Å². The Bertz CT molecular complexity index is 557. The molecule has 0 spiro atoms. The number of hydrogen-bond donors (Lipinski definition) is 1. The number of nitrogens with zero attached hydrogens (tertiary/aromatic N) is 1. The molecule has 0 fully saturated rings. The summed E-state index contributed by atoms with van der Waals surface area (Å²) in [6, 6.07) is 2.56. The monoisotopic (exact) mass is 316 g/mol. The standard InChI is InChI=1S/C12H11BrF2N2O/c1-7-4-17-11(18-7)6-16-5-8-10(14)3-2-9(13)12(8)15/h2-4,16H,5-6H2,1H3. The summed E-state index contributed by atoms with van der Waals surface area (Å²) in [5, 5.41) is 2.88. The minimum absolute atomic E-state index is 0.00680. The van der Waals surface area contributed by atoms with E-state index in [0.29, 0.717) is 18.2 Å². The summed E-state index contributed by atoms with van der Waals surface area (Å²) in [6.45, 7) is 2.17. The van der Waals surface area contributed by atoms with E-state index in [1.54, 1.807) is 13.1 Å². The van der Waals surface area contributed by atoms with E-state index >= 15 is 0 Å². The van der Waals surface area contributed by atoms with Crippen molar-refractivity contribution in [1.29, 1.82) is 0 Å². The van der Waals surface area contributed by atoms with Gasteiger partial charge in [-0.15, -0.1) is 0 Å². The predicted molar refractivity (Wildman–Crippen MR) is 65.8 cm³/mol. The number of benzene rings is 1. The molecule has 0 aliphatic carbocycles. The molecule has 0 aliphatic heterocycles. The van der Waals surface area contributed by atoms with Crippen LogP contribution in [0.5, 0.6) is 0 Å². The Kier molecular flexibility index (Phi) is 4.08. The van der Waals surface area contributed by atoms with Gasteiger partial charge in [-0.25, -0.2) is 13.8 Å². The maximum absolute atomic E-state index is 13.6. The fraction of sp³-hybridized carbons (Fsp3) is 0.250. The highest BCUT2D eigenvalue weighted by Gasteiger charge is 2.12. The topological polar surface area (TPSA) is 38.1 Å². The van der Waals surface area contributed by atoms with E-state index in [0.717, 1.165) is 0 Å². The van der Waals surface area contributed by atoms with Gasteiger partial charge in [0.2, 0.25) is 5.89 Å². The van der Waals surface area contributed by atoms with Crippen LogP contribution in [0.25, 0.3) is 0 Å². The summed E-state index contributed by atoms with van der Waals surface area (Å²) in [4.78, 5) is 3.98. The van der Waals surface area contributed by atoms with Crippen molar-refractivity contribution in [2.45, 2.75) is 20.0 Å². The molecule has 0 bridgehead atoms. The van der Waals surface area contributed by atoms with Gasteiger partial charge in [-0.05, 0) is 35.0 Å². The fourth-order valence-corrected chi connectivity index (χ4v) is 1.88. The van der Waals surface area contributed by atoms with E-state index in [9.17, 15) is 8.78 Å². The lowest BCUT2D eigenvalue weighted by Gasteiger charge is -2.07. The summed E-state index contributed by atoms with van der Waals surface area (Å²) in [7, 11) is 0. The Morgan fingerprint density at radius 3 is 2.78 bits per heavy atom. The Balaban J connectivity index is 2.00. The van der Waals surface area contributed by atoms with Gasteiger partial charge in [0.1, 0.15) is 17.4 Å². The normalized spacial score (nSPS) is 10.9. The lowest BCUT2D eigenvalue weighted by Crippen LogP contribution is -2.15. The highest BCUT2D eigenvalue weighted by molar-refractivity contribution is 9.10. The van der Waals surface area contributed by atoms with Gasteiger partial charge in [-0.3, -0.25) is 0 Å². The Labute approximate surface area is 111 Å². The molecule has 1 aromatic heterocycles. The minimum Gasteiger partial charge on any atom is -0.445 e. The molecule has 0 radical (unpaired) electrons. The minimum atomic E-state index is -0.592. The number of halogens is 3. The lowest BCUT2D eigenvalue weighted by atomic mass is 10.2. The molecule has 0 aliphatic rings. The number of nitrogens with one attached hydrogen (secondary N) is 1. The first-order chi connectivity index (χ1) is 8.58. The molecule has 1 aromatic carbocycles. The zero-order valence-electron chi connectivity index (χ0n) is 9.64. The van der Waals surface area contributed by atoms with Crippen LogP contribution in [-0.2, 0) is 13.1 Å². The van der Waals surface area contributed by atoms with E-state index in [1.807, 2.05) is 0 Å². The molecular weight excluding hydrogens is 306 g/mol. The zero-order valence-corrected chi connectivity index (χ0v) is 11.2. The van der Waals surface area contributed by atoms with Crippen LogP contribution in [0, 0.1) is 18.6 Å². The number of rotatable bonds is 4. The van der Waals surface area contributed by atoms with E-state index in [1.165, 1.54) is 12.1 Å². The van der Waals surface area contributed by atoms with Crippen LogP contribution in [0.2, 0.25) is 0 Å². The van der Waals surface area contributed by atoms with E-state index in [2.05, 4.69) is 26.2 Å². The summed E-state index contributed by atoms with van der Waals surface area (Å²) < 4.78 is 32.5. The molecule has 0 saturated carbocycles. The zero-order chi connectivity index (χ0) is 13.1. The molecule has 1 N–H and O–H groups in total. The van der Waals surface area contributed by atoms with Gasteiger partial charge in [-0.1, -0.05) is 0 Å². The average Bonchev–Trinajstić information content (AvgIpc) is 2.74. The molecular formula is C12H11BrF2N2O. The summed E-state index contributed by atoms with van der Waals surface area (Å²) in [5.74, 6) is 0.0211. The van der Waals surface area contributed by atoms with Gasteiger partial charge in [-0.2, -0.15) is 0 Å². The average molecular weight is 317 g/mol. The van der Waals surface area contributed by atoms with Crippen molar-refractivity contribution in [1.82, 2.24) is 10.3 Å². The van der Waals surface area contributed by atoms with Gasteiger partial charge in [0, 0.05) is 12.1 Å². The molecule has 0 amide bonds. The first-order valence-electron chi connectivity index (χ1n) is 5.32. The van der Waals surface area contributed by atoms with Crippen LogP contribution in [0.4, 0.5) is 8.78 Å². The summed E-state index contributed by atoms with van der Waals surface area (Å²) >= 11 is 3.02. The van der Waals surface area contributed by atoms with Crippen LogP contribution in [0.3, 0.4) is 0 Å². The molecule has 96 valence electrons. The van der Waals surface area contributed by atoms with Gasteiger partial charge >= 0.3 is 0 Å². The lowest BCUT2D eigenvalue weighted by molar-refractivity contribution is 0.443. The molecule has 0 atom stereocenters. The van der Waals surface area contributed by atoms with Crippen LogP contribution in [0.1, 0.15) is 17.2 Å². The molecule has 2 rings (SSSR count). The maximum Gasteiger partial charge on any atom is 0.208 e. The second kappa shape index (κ2) is 5.58. The molecule has 6 heteroatoms. The van der Waals surface area contributed by atoms with Crippen LogP contribution in [0.15, 0.2) is 27.2 Å². The van der Waals surface area contributed by atoms with Crippen LogP contribution in [-0.4, -0.2) is 4.98 Å². The quantitative estimate of drug-likeness (QED) is 0.879. The van der Waals surface area contributed by atoms with E-state index in [-0.39, 0.29) is 16.6 Å². The molecule has 0 unspecified atom stereocenters. The predicted octanol–water partition coefficient (Wildman–Crippen LogP) is 3.31. The Morgan fingerprint density at radius 1 is 1.33 bits per heavy atom. The number of aryl methyl sites for hydroxylation is 1. The second-order valence-corrected chi connectivity index (χ2v) is 4.64. The highest BCUT2D eigenvalue weighted by atomic mass is 79.9. The first-order valence-corrected chi connectivity index (χ1v) is 6.11. The largest absolute Gasteiger partial charge is 0.445 e. The van der Waals surface area contributed by atoms with Gasteiger partial charge in [0.15, 0.2) is 0 Å². The third-order valence-electron chi connectivity index (χ3n) is 2.39. The molecule has 0 saturated heterocycles. The van der Waals surface area contributed by atoms with Crippen LogP contribution < -0.4 is 5.32 Å². The van der Waals surface area contributed by atoms with Crippen LogP contribution >= 0.6 is 15.9 Å². The van der Waals surface area contributed by atoms with Crippen molar-refractivity contribution in [3.05, 3.63) is 51.7 Å². The summed E-state index contributed by atoms with van der Waals surface area (Å²) in [6.07, 6.45) is 1.59. The van der Waals surface area contributed by atoms with Gasteiger partial charge in [0.25, 0.3) is 0 Å². The smallest absolute Gasteiger partial charge is 0.208 e. The number of hydrogen-bond acceptors (Lipinski definition) is 3. The molecule has 1 heterocycles. The summed E-state index contributed by atoms with van der Waals surface area (Å²) in [5.41, 5.74) is -0.00680. The number of aromatic nitrogens is 1. The van der Waals surface area contributed by atoms with Gasteiger partial charge < -0.3 is 9.73 Å². The van der Waals surface area contributed by atoms with E-state index < -0.39 is 11.6 Å². The third-order valence-corrected chi connectivity index (χ3v) is 3.00. The Morgan fingerprint density at radius 2 is 2.11 bits per heavy atom. The second-order valence-electron chi connectivity index (χ2n) is 3.79. The maximum atomic E-state index is 13.6.